The van der Waals surface area contributed by atoms with E-state index in [4.69, 9.17) is 10.2 Å². The minimum Gasteiger partial charge on any atom is -0.394 e. The predicted octanol–water partition coefficient (Wildman–Crippen LogP) is -0.456. The molecule has 0 saturated carbocycles. The normalized spacial score (nSPS) is 13.3. The third kappa shape index (κ3) is 89.7. The molecule has 0 aliphatic heterocycles. The van der Waals surface area contributed by atoms with Gasteiger partial charge in [0.15, 0.2) is 0 Å². The quantitative estimate of drug-likeness (QED) is 0.549. The fraction of sp³-hybridized carbons (Fsp3) is 1.00. The van der Waals surface area contributed by atoms with E-state index in [1.54, 1.807) is 0 Å². The monoisotopic (exact) mass is 190 g/mol. The number of hydrogen-bond acceptors (Lipinski definition) is 4. The first kappa shape index (κ1) is 12.8. The molecule has 2 N–H and O–H groups in total. The van der Waals surface area contributed by atoms with Crippen LogP contribution in [-0.4, -0.2) is 37.6 Å². The van der Waals surface area contributed by atoms with Gasteiger partial charge in [0.1, 0.15) is 0 Å². The summed E-state index contributed by atoms with van der Waals surface area (Å²) in [5.41, 5.74) is 0. The first-order chi connectivity index (χ1) is 4.27. The van der Waals surface area contributed by atoms with E-state index in [2.05, 4.69) is 10.7 Å². The molecule has 0 heterocycles. The first-order valence-electron chi connectivity index (χ1n) is 2.46. The van der Waals surface area contributed by atoms with Crippen molar-refractivity contribution in [2.75, 3.05) is 12.9 Å². The smallest absolute Gasteiger partial charge is 0.229 e. The molecule has 6 heteroatoms. The van der Waals surface area contributed by atoms with E-state index < -0.39 is 15.2 Å². The lowest BCUT2D eigenvalue weighted by Crippen LogP contribution is -2.03. The molecular weight excluding hydrogens is 180 g/mol. The number of rotatable bonds is 1. The molecule has 1 unspecified atom stereocenters. The number of aliphatic hydroxyl groups is 2. The summed E-state index contributed by atoms with van der Waals surface area (Å²) in [4.78, 5) is 0. The van der Waals surface area contributed by atoms with Crippen LogP contribution in [0, 0.1) is 0 Å². The predicted molar refractivity (Wildman–Crippen MR) is 39.5 cm³/mol. The van der Waals surface area contributed by atoms with Crippen LogP contribution in [0.3, 0.4) is 0 Å². The fourth-order valence-electron chi connectivity index (χ4n) is 0. The second-order valence-corrected chi connectivity index (χ2v) is 4.76. The van der Waals surface area contributed by atoms with Gasteiger partial charge < -0.3 is 10.2 Å². The highest BCUT2D eigenvalue weighted by atomic mass is 35.7. The van der Waals surface area contributed by atoms with Gasteiger partial charge in [-0.15, -0.1) is 0 Å². The van der Waals surface area contributed by atoms with Gasteiger partial charge >= 0.3 is 0 Å². The van der Waals surface area contributed by atoms with Crippen molar-refractivity contribution in [2.45, 2.75) is 13.0 Å². The van der Waals surface area contributed by atoms with Gasteiger partial charge in [0.25, 0.3) is 0 Å². The van der Waals surface area contributed by atoms with Crippen molar-refractivity contribution in [3.8, 4) is 0 Å². The Morgan fingerprint density at radius 1 is 1.60 bits per heavy atom. The van der Waals surface area contributed by atoms with Crippen molar-refractivity contribution < 1.29 is 18.6 Å². The molecule has 0 aromatic rings. The highest BCUT2D eigenvalue weighted by molar-refractivity contribution is 8.13. The average molecular weight is 191 g/mol. The van der Waals surface area contributed by atoms with Crippen molar-refractivity contribution >= 4 is 19.7 Å². The van der Waals surface area contributed by atoms with E-state index in [-0.39, 0.29) is 6.61 Å². The van der Waals surface area contributed by atoms with Gasteiger partial charge in [-0.05, 0) is 6.92 Å². The molecule has 10 heavy (non-hydrogen) atoms. The molecular formula is C4H11ClO4S. The Balaban J connectivity index is 0. The maximum Gasteiger partial charge on any atom is 0.229 e. The Hall–Kier alpha value is 0.160. The minimum atomic E-state index is -3.19. The fourth-order valence-corrected chi connectivity index (χ4v) is 0. The standard InChI is InChI=1S/C3H8O2.CH3ClO2S/c1-3(5)2-4;1-5(2,3)4/h3-5H,2H2,1H3;1H3. The van der Waals surface area contributed by atoms with Crippen molar-refractivity contribution in [1.82, 2.24) is 0 Å². The van der Waals surface area contributed by atoms with Crippen LogP contribution in [0.25, 0.3) is 0 Å². The van der Waals surface area contributed by atoms with Gasteiger partial charge in [-0.2, -0.15) is 0 Å². The molecule has 0 bridgehead atoms. The van der Waals surface area contributed by atoms with Crippen LogP contribution >= 0.6 is 10.7 Å². The van der Waals surface area contributed by atoms with Gasteiger partial charge in [0.2, 0.25) is 9.05 Å². The molecule has 0 amide bonds. The largest absolute Gasteiger partial charge is 0.394 e. The molecule has 0 saturated heterocycles. The van der Waals surface area contributed by atoms with E-state index in [9.17, 15) is 8.42 Å². The van der Waals surface area contributed by atoms with Gasteiger partial charge in [-0.25, -0.2) is 8.42 Å². The Labute approximate surface area is 64.9 Å². The summed E-state index contributed by atoms with van der Waals surface area (Å²) in [6, 6.07) is 0. The molecule has 1 atom stereocenters. The van der Waals surface area contributed by atoms with Crippen LogP contribution < -0.4 is 0 Å². The van der Waals surface area contributed by atoms with E-state index in [0.29, 0.717) is 0 Å². The maximum absolute atomic E-state index is 9.40. The number of halogens is 1. The molecule has 0 spiro atoms. The van der Waals surface area contributed by atoms with Crippen LogP contribution in [0.5, 0.6) is 0 Å². The third-order valence-electron chi connectivity index (χ3n) is 0.264. The molecule has 64 valence electrons. The van der Waals surface area contributed by atoms with E-state index in [0.717, 1.165) is 6.26 Å². The van der Waals surface area contributed by atoms with Crippen molar-refractivity contribution in [3.63, 3.8) is 0 Å². The summed E-state index contributed by atoms with van der Waals surface area (Å²) in [7, 11) is 1.31. The number of hydrogen-bond donors (Lipinski definition) is 2. The van der Waals surface area contributed by atoms with Crippen molar-refractivity contribution in [3.05, 3.63) is 0 Å². The molecule has 0 fully saturated rings. The summed E-state index contributed by atoms with van der Waals surface area (Å²) >= 11 is 0. The van der Waals surface area contributed by atoms with Crippen LogP contribution in [0.15, 0.2) is 0 Å². The Morgan fingerprint density at radius 3 is 1.70 bits per heavy atom. The molecule has 0 rings (SSSR count). The third-order valence-corrected chi connectivity index (χ3v) is 0.264. The van der Waals surface area contributed by atoms with Crippen LogP contribution in [0.4, 0.5) is 0 Å². The summed E-state index contributed by atoms with van der Waals surface area (Å²) in [6.45, 7) is 1.39. The van der Waals surface area contributed by atoms with Crippen LogP contribution in [0.2, 0.25) is 0 Å². The topological polar surface area (TPSA) is 74.6 Å². The molecule has 4 nitrogen and oxygen atoms in total. The highest BCUT2D eigenvalue weighted by Gasteiger charge is 1.84. The first-order valence-corrected chi connectivity index (χ1v) is 5.17. The summed E-state index contributed by atoms with van der Waals surface area (Å²) in [5.74, 6) is 0. The summed E-state index contributed by atoms with van der Waals surface area (Å²) in [5, 5.41) is 16.0. The zero-order valence-corrected chi connectivity index (χ0v) is 7.35. The van der Waals surface area contributed by atoms with Crippen LogP contribution in [0.1, 0.15) is 6.92 Å². The van der Waals surface area contributed by atoms with Crippen molar-refractivity contribution in [2.24, 2.45) is 0 Å². The summed E-state index contributed by atoms with van der Waals surface area (Å²) < 4.78 is 18.8. The zero-order valence-electron chi connectivity index (χ0n) is 5.78. The second-order valence-electron chi connectivity index (χ2n) is 1.71. The summed E-state index contributed by atoms with van der Waals surface area (Å²) in [6.07, 6.45) is 0.365. The molecule has 0 radical (unpaired) electrons. The Morgan fingerprint density at radius 2 is 1.70 bits per heavy atom. The second kappa shape index (κ2) is 5.91. The Kier molecular flexibility index (Phi) is 7.56. The lowest BCUT2D eigenvalue weighted by molar-refractivity contribution is 0.110. The molecule has 0 aliphatic carbocycles. The maximum atomic E-state index is 9.40. The van der Waals surface area contributed by atoms with E-state index in [1.165, 1.54) is 6.92 Å². The molecule has 0 aromatic heterocycles. The average Bonchev–Trinajstić information content (AvgIpc) is 1.61. The van der Waals surface area contributed by atoms with Gasteiger partial charge in [-0.1, -0.05) is 0 Å². The van der Waals surface area contributed by atoms with Gasteiger partial charge in [0.05, 0.1) is 19.0 Å². The van der Waals surface area contributed by atoms with Gasteiger partial charge in [0, 0.05) is 10.7 Å². The van der Waals surface area contributed by atoms with Gasteiger partial charge in [-0.3, -0.25) is 0 Å². The molecule has 0 aromatic carbocycles. The van der Waals surface area contributed by atoms with E-state index in [1.807, 2.05) is 0 Å². The number of aliphatic hydroxyl groups excluding tert-OH is 2. The lowest BCUT2D eigenvalue weighted by Gasteiger charge is -1.90. The van der Waals surface area contributed by atoms with E-state index >= 15 is 0 Å². The minimum absolute atomic E-state index is 0.139. The highest BCUT2D eigenvalue weighted by Crippen LogP contribution is 1.83. The van der Waals surface area contributed by atoms with Crippen molar-refractivity contribution in [1.29, 1.82) is 0 Å². The van der Waals surface area contributed by atoms with Crippen LogP contribution in [-0.2, 0) is 9.05 Å². The zero-order chi connectivity index (χ0) is 8.78. The molecule has 0 aliphatic rings. The Bertz CT molecular complexity index is 143. The SMILES string of the molecule is CC(O)CO.CS(=O)(=O)Cl. The lowest BCUT2D eigenvalue weighted by atomic mass is 10.5.